The van der Waals surface area contributed by atoms with Crippen molar-refractivity contribution in [3.8, 4) is 0 Å². The van der Waals surface area contributed by atoms with Gasteiger partial charge in [-0.05, 0) is 38.0 Å². The number of hydrogen-bond acceptors (Lipinski definition) is 2. The molecule has 2 fully saturated rings. The molecule has 2 aliphatic carbocycles. The Bertz CT molecular complexity index is 157. The van der Waals surface area contributed by atoms with Crippen molar-refractivity contribution in [3.05, 3.63) is 0 Å². The minimum Gasteiger partial charge on any atom is -0.329 e. The monoisotopic (exact) mass is 182 g/mol. The Labute approximate surface area is 81.5 Å². The molecule has 2 nitrogen and oxygen atoms in total. The van der Waals surface area contributed by atoms with Crippen molar-refractivity contribution >= 4 is 0 Å². The molecule has 0 aliphatic heterocycles. The van der Waals surface area contributed by atoms with Crippen LogP contribution in [0.15, 0.2) is 0 Å². The maximum absolute atomic E-state index is 5.80. The molecule has 13 heavy (non-hydrogen) atoms. The Balaban J connectivity index is 1.85. The van der Waals surface area contributed by atoms with E-state index in [9.17, 15) is 0 Å². The quantitative estimate of drug-likeness (QED) is 0.676. The summed E-state index contributed by atoms with van der Waals surface area (Å²) in [4.78, 5) is 2.69. The predicted molar refractivity (Wildman–Crippen MR) is 55.6 cm³/mol. The van der Waals surface area contributed by atoms with Gasteiger partial charge in [0.1, 0.15) is 0 Å². The first-order chi connectivity index (χ1) is 6.35. The summed E-state index contributed by atoms with van der Waals surface area (Å²) >= 11 is 0. The van der Waals surface area contributed by atoms with Gasteiger partial charge < -0.3 is 5.73 Å². The van der Waals surface area contributed by atoms with E-state index in [4.69, 9.17) is 5.73 Å². The molecule has 2 saturated carbocycles. The first kappa shape index (κ1) is 9.47. The van der Waals surface area contributed by atoms with Gasteiger partial charge in [-0.1, -0.05) is 6.92 Å². The van der Waals surface area contributed by atoms with Crippen molar-refractivity contribution in [1.82, 2.24) is 4.90 Å². The molecule has 0 aromatic rings. The average molecular weight is 182 g/mol. The van der Waals surface area contributed by atoms with Gasteiger partial charge in [-0.2, -0.15) is 0 Å². The normalized spacial score (nSPS) is 25.2. The zero-order valence-corrected chi connectivity index (χ0v) is 8.71. The number of nitrogens with zero attached hydrogens (tertiary/aromatic N) is 1. The molecule has 2 N–H and O–H groups in total. The summed E-state index contributed by atoms with van der Waals surface area (Å²) < 4.78 is 0. The third-order valence-electron chi connectivity index (χ3n) is 3.39. The third-order valence-corrected chi connectivity index (χ3v) is 3.39. The van der Waals surface area contributed by atoms with Crippen LogP contribution in [0, 0.1) is 5.92 Å². The van der Waals surface area contributed by atoms with Crippen molar-refractivity contribution in [1.29, 1.82) is 0 Å². The predicted octanol–water partition coefficient (Wildman–Crippen LogP) is 1.60. The summed E-state index contributed by atoms with van der Waals surface area (Å²) in [5, 5.41) is 0. The van der Waals surface area contributed by atoms with Gasteiger partial charge in [0, 0.05) is 25.2 Å². The minimum absolute atomic E-state index is 0.660. The molecule has 1 atom stereocenters. The lowest BCUT2D eigenvalue weighted by Crippen LogP contribution is -2.42. The second-order valence-electron chi connectivity index (χ2n) is 4.67. The van der Waals surface area contributed by atoms with E-state index in [0.717, 1.165) is 18.5 Å². The maximum Gasteiger partial charge on any atom is 0.0218 e. The fraction of sp³-hybridized carbons (Fsp3) is 1.00. The highest BCUT2D eigenvalue weighted by atomic mass is 15.2. The van der Waals surface area contributed by atoms with E-state index in [1.165, 1.54) is 38.6 Å². The molecule has 0 spiro atoms. The van der Waals surface area contributed by atoms with Crippen molar-refractivity contribution in [2.75, 3.05) is 13.1 Å². The molecule has 2 heteroatoms. The van der Waals surface area contributed by atoms with E-state index in [1.807, 2.05) is 0 Å². The second-order valence-corrected chi connectivity index (χ2v) is 4.67. The third kappa shape index (κ3) is 2.44. The Morgan fingerprint density at radius 2 is 2.00 bits per heavy atom. The van der Waals surface area contributed by atoms with Crippen LogP contribution in [-0.4, -0.2) is 30.1 Å². The Hall–Kier alpha value is -0.0800. The van der Waals surface area contributed by atoms with E-state index >= 15 is 0 Å². The minimum atomic E-state index is 0.660. The zero-order chi connectivity index (χ0) is 9.26. The Kier molecular flexibility index (Phi) is 2.89. The van der Waals surface area contributed by atoms with Crippen LogP contribution in [-0.2, 0) is 0 Å². The van der Waals surface area contributed by atoms with Crippen molar-refractivity contribution < 1.29 is 0 Å². The van der Waals surface area contributed by atoms with E-state index < -0.39 is 0 Å². The van der Waals surface area contributed by atoms with Crippen LogP contribution in [0.4, 0.5) is 0 Å². The van der Waals surface area contributed by atoms with Crippen molar-refractivity contribution in [2.45, 2.75) is 51.1 Å². The lowest BCUT2D eigenvalue weighted by molar-refractivity contribution is 0.177. The zero-order valence-electron chi connectivity index (χ0n) is 8.71. The molecule has 2 aliphatic rings. The molecule has 0 amide bonds. The van der Waals surface area contributed by atoms with Crippen molar-refractivity contribution in [3.63, 3.8) is 0 Å². The van der Waals surface area contributed by atoms with E-state index in [-0.39, 0.29) is 0 Å². The Morgan fingerprint density at radius 3 is 2.38 bits per heavy atom. The van der Waals surface area contributed by atoms with Crippen LogP contribution in [0.5, 0.6) is 0 Å². The summed E-state index contributed by atoms with van der Waals surface area (Å²) in [5.41, 5.74) is 5.80. The highest BCUT2D eigenvalue weighted by Crippen LogP contribution is 2.36. The summed E-state index contributed by atoms with van der Waals surface area (Å²) in [6.07, 6.45) is 6.99. The molecule has 0 radical (unpaired) electrons. The van der Waals surface area contributed by atoms with Gasteiger partial charge in [-0.25, -0.2) is 0 Å². The highest BCUT2D eigenvalue weighted by Gasteiger charge is 2.36. The van der Waals surface area contributed by atoms with Gasteiger partial charge in [0.15, 0.2) is 0 Å². The lowest BCUT2D eigenvalue weighted by atomic mass is 10.1. The first-order valence-electron chi connectivity index (χ1n) is 5.81. The van der Waals surface area contributed by atoms with Gasteiger partial charge >= 0.3 is 0 Å². The Morgan fingerprint density at radius 1 is 1.31 bits per heavy atom. The topological polar surface area (TPSA) is 29.3 Å². The molecule has 1 unspecified atom stereocenters. The van der Waals surface area contributed by atoms with Crippen LogP contribution in [0.25, 0.3) is 0 Å². The van der Waals surface area contributed by atoms with Crippen LogP contribution in [0.3, 0.4) is 0 Å². The molecular formula is C11H22N2. The van der Waals surface area contributed by atoms with Gasteiger partial charge in [0.25, 0.3) is 0 Å². The van der Waals surface area contributed by atoms with Crippen LogP contribution >= 0.6 is 0 Å². The van der Waals surface area contributed by atoms with Crippen LogP contribution in [0.2, 0.25) is 0 Å². The van der Waals surface area contributed by atoms with Crippen LogP contribution < -0.4 is 5.73 Å². The lowest BCUT2D eigenvalue weighted by Gasteiger charge is -2.30. The molecular weight excluding hydrogens is 160 g/mol. The van der Waals surface area contributed by atoms with Gasteiger partial charge in [-0.15, -0.1) is 0 Å². The molecule has 76 valence electrons. The molecule has 0 heterocycles. The number of hydrogen-bond donors (Lipinski definition) is 1. The maximum atomic E-state index is 5.80. The number of nitrogens with two attached hydrogens (primary N) is 1. The smallest absolute Gasteiger partial charge is 0.0218 e. The average Bonchev–Trinajstić information content (AvgIpc) is 3.00. The summed E-state index contributed by atoms with van der Waals surface area (Å²) in [6.45, 7) is 4.44. The SMILES string of the molecule is CCC(CN)N(CC1CC1)C1CC1. The van der Waals surface area contributed by atoms with Gasteiger partial charge in [-0.3, -0.25) is 4.90 Å². The van der Waals surface area contributed by atoms with Crippen molar-refractivity contribution in [2.24, 2.45) is 11.7 Å². The number of rotatable bonds is 6. The summed E-state index contributed by atoms with van der Waals surface area (Å²) in [6, 6.07) is 1.56. The van der Waals surface area contributed by atoms with E-state index in [1.54, 1.807) is 0 Å². The van der Waals surface area contributed by atoms with Gasteiger partial charge in [0.05, 0.1) is 0 Å². The standard InChI is InChI=1S/C11H22N2/c1-2-10(7-12)13(11-5-6-11)8-9-3-4-9/h9-11H,2-8,12H2,1H3. The highest BCUT2D eigenvalue weighted by molar-refractivity contribution is 4.91. The fourth-order valence-corrected chi connectivity index (χ4v) is 2.14. The fourth-order valence-electron chi connectivity index (χ4n) is 2.14. The van der Waals surface area contributed by atoms with E-state index in [2.05, 4.69) is 11.8 Å². The molecule has 0 aromatic heterocycles. The first-order valence-corrected chi connectivity index (χ1v) is 5.81. The summed E-state index contributed by atoms with van der Waals surface area (Å²) in [5.74, 6) is 1.01. The van der Waals surface area contributed by atoms with E-state index in [0.29, 0.717) is 6.04 Å². The van der Waals surface area contributed by atoms with Crippen LogP contribution in [0.1, 0.15) is 39.0 Å². The molecule has 0 saturated heterocycles. The van der Waals surface area contributed by atoms with Gasteiger partial charge in [0.2, 0.25) is 0 Å². The molecule has 0 bridgehead atoms. The molecule has 0 aromatic carbocycles. The largest absolute Gasteiger partial charge is 0.329 e. The molecule has 2 rings (SSSR count). The summed E-state index contributed by atoms with van der Waals surface area (Å²) in [7, 11) is 0. The second kappa shape index (κ2) is 3.97.